The van der Waals surface area contributed by atoms with Crippen LogP contribution in [0.1, 0.15) is 13.3 Å². The molecule has 0 saturated heterocycles. The molecular weight excluding hydrogens is 172 g/mol. The first-order valence-electron chi connectivity index (χ1n) is 4.81. The van der Waals surface area contributed by atoms with Crippen LogP contribution in [0.3, 0.4) is 0 Å². The number of aromatic nitrogens is 2. The molecule has 0 atom stereocenters. The van der Waals surface area contributed by atoms with Gasteiger partial charge in [-0.25, -0.2) is 4.98 Å². The number of hydrogen-bond donors (Lipinski definition) is 0. The Hall–Kier alpha value is -1.57. The first-order valence-corrected chi connectivity index (χ1v) is 4.81. The lowest BCUT2D eigenvalue weighted by Crippen LogP contribution is -1.95. The largest absolute Gasteiger partial charge is 0.330 e. The third kappa shape index (κ3) is 1.69. The number of hydrogen-bond acceptors (Lipinski definition) is 1. The second-order valence-corrected chi connectivity index (χ2v) is 3.63. The molecule has 0 amide bonds. The summed E-state index contributed by atoms with van der Waals surface area (Å²) in [6, 6.07) is 8.19. The van der Waals surface area contributed by atoms with Crippen LogP contribution in [0.4, 0.5) is 0 Å². The Morgan fingerprint density at radius 3 is 3.00 bits per heavy atom. The molecule has 2 rings (SSSR count). The number of benzene rings is 1. The van der Waals surface area contributed by atoms with Gasteiger partial charge in [-0.15, -0.1) is 6.58 Å². The molecule has 0 N–H and O–H groups in total. The van der Waals surface area contributed by atoms with Crippen LogP contribution in [0.25, 0.3) is 11.0 Å². The van der Waals surface area contributed by atoms with Gasteiger partial charge < -0.3 is 4.57 Å². The van der Waals surface area contributed by atoms with Crippen LogP contribution in [-0.2, 0) is 6.54 Å². The summed E-state index contributed by atoms with van der Waals surface area (Å²) in [5.74, 6) is 0. The van der Waals surface area contributed by atoms with Crippen molar-refractivity contribution in [2.24, 2.45) is 0 Å². The second-order valence-electron chi connectivity index (χ2n) is 3.63. The van der Waals surface area contributed by atoms with E-state index in [1.807, 2.05) is 24.5 Å². The molecule has 0 spiro atoms. The first-order chi connectivity index (χ1) is 6.77. The van der Waals surface area contributed by atoms with Crippen molar-refractivity contribution in [1.82, 2.24) is 9.55 Å². The molecule has 2 aromatic rings. The molecular formula is C12H14N2. The summed E-state index contributed by atoms with van der Waals surface area (Å²) in [5, 5.41) is 0. The van der Waals surface area contributed by atoms with Gasteiger partial charge in [-0.3, -0.25) is 0 Å². The number of para-hydroxylation sites is 2. The summed E-state index contributed by atoms with van der Waals surface area (Å²) in [5.41, 5.74) is 3.48. The van der Waals surface area contributed by atoms with Crippen molar-refractivity contribution in [3.8, 4) is 0 Å². The van der Waals surface area contributed by atoms with Gasteiger partial charge in [-0.1, -0.05) is 17.7 Å². The molecule has 0 saturated carbocycles. The normalized spacial score (nSPS) is 10.6. The van der Waals surface area contributed by atoms with Gasteiger partial charge in [0.15, 0.2) is 0 Å². The van der Waals surface area contributed by atoms with Crippen LogP contribution in [0, 0.1) is 0 Å². The average molecular weight is 186 g/mol. The van der Waals surface area contributed by atoms with Crippen LogP contribution < -0.4 is 0 Å². The fraction of sp³-hybridized carbons (Fsp3) is 0.250. The van der Waals surface area contributed by atoms with Crippen molar-refractivity contribution in [2.75, 3.05) is 0 Å². The van der Waals surface area contributed by atoms with Crippen molar-refractivity contribution in [2.45, 2.75) is 19.9 Å². The number of nitrogens with zero attached hydrogens (tertiary/aromatic N) is 2. The summed E-state index contributed by atoms with van der Waals surface area (Å²) in [6.07, 6.45) is 2.91. The number of aryl methyl sites for hydroxylation is 1. The lowest BCUT2D eigenvalue weighted by atomic mass is 10.2. The standard InChI is InChI=1S/C12H14N2/c1-10(2)7-8-14-9-13-11-5-3-4-6-12(11)14/h3-6,9H,1,7-8H2,2H3. The van der Waals surface area contributed by atoms with Crippen molar-refractivity contribution >= 4 is 11.0 Å². The first kappa shape index (κ1) is 9.00. The van der Waals surface area contributed by atoms with E-state index in [0.717, 1.165) is 18.5 Å². The van der Waals surface area contributed by atoms with E-state index < -0.39 is 0 Å². The highest BCUT2D eigenvalue weighted by molar-refractivity contribution is 5.74. The molecule has 1 heterocycles. The molecule has 0 unspecified atom stereocenters. The molecule has 0 fully saturated rings. The van der Waals surface area contributed by atoms with E-state index in [9.17, 15) is 0 Å². The van der Waals surface area contributed by atoms with Gasteiger partial charge in [0.25, 0.3) is 0 Å². The third-order valence-electron chi connectivity index (χ3n) is 2.31. The minimum absolute atomic E-state index is 0.968. The lowest BCUT2D eigenvalue weighted by molar-refractivity contribution is 0.712. The fourth-order valence-corrected chi connectivity index (χ4v) is 1.50. The predicted octanol–water partition coefficient (Wildman–Crippen LogP) is 3.00. The maximum Gasteiger partial charge on any atom is 0.0958 e. The maximum atomic E-state index is 4.33. The van der Waals surface area contributed by atoms with E-state index in [-0.39, 0.29) is 0 Å². The fourth-order valence-electron chi connectivity index (χ4n) is 1.50. The quantitative estimate of drug-likeness (QED) is 0.674. The Kier molecular flexibility index (Phi) is 2.35. The third-order valence-corrected chi connectivity index (χ3v) is 2.31. The second kappa shape index (κ2) is 3.66. The van der Waals surface area contributed by atoms with E-state index in [1.165, 1.54) is 11.1 Å². The number of fused-ring (bicyclic) bond motifs is 1. The molecule has 72 valence electrons. The van der Waals surface area contributed by atoms with Crippen LogP contribution in [-0.4, -0.2) is 9.55 Å². The monoisotopic (exact) mass is 186 g/mol. The molecule has 0 aliphatic heterocycles. The van der Waals surface area contributed by atoms with E-state index >= 15 is 0 Å². The van der Waals surface area contributed by atoms with E-state index in [2.05, 4.69) is 29.1 Å². The zero-order chi connectivity index (χ0) is 9.97. The molecule has 2 heteroatoms. The molecule has 0 bridgehead atoms. The minimum Gasteiger partial charge on any atom is -0.330 e. The maximum absolute atomic E-state index is 4.33. The SMILES string of the molecule is C=C(C)CCn1cnc2ccccc21. The van der Waals surface area contributed by atoms with Crippen LogP contribution >= 0.6 is 0 Å². The Labute approximate surface area is 83.9 Å². The molecule has 0 radical (unpaired) electrons. The number of allylic oxidation sites excluding steroid dienone is 1. The summed E-state index contributed by atoms with van der Waals surface area (Å²) in [7, 11) is 0. The Bertz CT molecular complexity index is 454. The molecule has 2 nitrogen and oxygen atoms in total. The number of rotatable bonds is 3. The van der Waals surface area contributed by atoms with Gasteiger partial charge in [0.1, 0.15) is 0 Å². The average Bonchev–Trinajstić information content (AvgIpc) is 2.58. The van der Waals surface area contributed by atoms with E-state index in [4.69, 9.17) is 0 Å². The van der Waals surface area contributed by atoms with Crippen LogP contribution in [0.2, 0.25) is 0 Å². The summed E-state index contributed by atoms with van der Waals surface area (Å²) < 4.78 is 2.17. The topological polar surface area (TPSA) is 17.8 Å². The summed E-state index contributed by atoms with van der Waals surface area (Å²) >= 11 is 0. The van der Waals surface area contributed by atoms with Gasteiger partial charge in [0.05, 0.1) is 17.4 Å². The number of imidazole rings is 1. The molecule has 14 heavy (non-hydrogen) atoms. The Morgan fingerprint density at radius 1 is 1.43 bits per heavy atom. The lowest BCUT2D eigenvalue weighted by Gasteiger charge is -2.02. The minimum atomic E-state index is 0.968. The van der Waals surface area contributed by atoms with Crippen molar-refractivity contribution in [3.63, 3.8) is 0 Å². The van der Waals surface area contributed by atoms with Crippen molar-refractivity contribution < 1.29 is 0 Å². The predicted molar refractivity (Wildman–Crippen MR) is 59.2 cm³/mol. The summed E-state index contributed by atoms with van der Waals surface area (Å²) in [4.78, 5) is 4.33. The van der Waals surface area contributed by atoms with Gasteiger partial charge in [0.2, 0.25) is 0 Å². The van der Waals surface area contributed by atoms with Crippen LogP contribution in [0.15, 0.2) is 42.7 Å². The summed E-state index contributed by atoms with van der Waals surface area (Å²) in [6.45, 7) is 6.92. The zero-order valence-electron chi connectivity index (χ0n) is 8.40. The highest BCUT2D eigenvalue weighted by Gasteiger charge is 1.99. The van der Waals surface area contributed by atoms with Gasteiger partial charge in [-0.05, 0) is 25.5 Å². The van der Waals surface area contributed by atoms with Crippen LogP contribution in [0.5, 0.6) is 0 Å². The zero-order valence-corrected chi connectivity index (χ0v) is 8.40. The molecule has 1 aromatic heterocycles. The molecule has 0 aliphatic rings. The van der Waals surface area contributed by atoms with Gasteiger partial charge >= 0.3 is 0 Å². The highest BCUT2D eigenvalue weighted by atomic mass is 15.0. The van der Waals surface area contributed by atoms with Crippen molar-refractivity contribution in [3.05, 3.63) is 42.7 Å². The van der Waals surface area contributed by atoms with Gasteiger partial charge in [0, 0.05) is 6.54 Å². The van der Waals surface area contributed by atoms with Crippen molar-refractivity contribution in [1.29, 1.82) is 0 Å². The Morgan fingerprint density at radius 2 is 2.21 bits per heavy atom. The molecule has 1 aromatic carbocycles. The van der Waals surface area contributed by atoms with E-state index in [0.29, 0.717) is 0 Å². The Balaban J connectivity index is 2.29. The molecule has 0 aliphatic carbocycles. The highest BCUT2D eigenvalue weighted by Crippen LogP contribution is 2.12. The van der Waals surface area contributed by atoms with Gasteiger partial charge in [-0.2, -0.15) is 0 Å². The smallest absolute Gasteiger partial charge is 0.0958 e. The van der Waals surface area contributed by atoms with E-state index in [1.54, 1.807) is 0 Å².